The first-order valence-corrected chi connectivity index (χ1v) is 20.6. The highest BCUT2D eigenvalue weighted by atomic mass is 16.3. The van der Waals surface area contributed by atoms with Crippen molar-refractivity contribution in [2.45, 2.75) is 0 Å². The van der Waals surface area contributed by atoms with Crippen LogP contribution in [0.1, 0.15) is 0 Å². The molecule has 0 radical (unpaired) electrons. The molecule has 0 aliphatic rings. The number of hydrogen-bond acceptors (Lipinski definition) is 6. The van der Waals surface area contributed by atoms with E-state index in [9.17, 15) is 0 Å². The smallest absolute Gasteiger partial charge is 0.164 e. The molecule has 0 spiro atoms. The molecule has 0 aliphatic carbocycles. The molecule has 0 N–H and O–H groups in total. The number of hydrogen-bond donors (Lipinski definition) is 0. The minimum atomic E-state index is 0.569. The Bertz CT molecular complexity index is 3500. The average Bonchev–Trinajstić information content (AvgIpc) is 3.92. The number of nitrogens with zero attached hydrogens (tertiary/aromatic N) is 4. The highest BCUT2D eigenvalue weighted by Gasteiger charge is 2.18. The number of pyridine rings is 1. The lowest BCUT2D eigenvalue weighted by atomic mass is 9.94. The number of fused-ring (bicyclic) bond motifs is 6. The Labute approximate surface area is 356 Å². The Morgan fingerprint density at radius 1 is 0.258 bits per heavy atom. The van der Waals surface area contributed by atoms with Gasteiger partial charge in [0.05, 0.1) is 0 Å². The molecule has 12 rings (SSSR count). The van der Waals surface area contributed by atoms with Crippen molar-refractivity contribution in [3.8, 4) is 78.7 Å². The molecular weight excluding hydrogens is 761 g/mol. The summed E-state index contributed by atoms with van der Waals surface area (Å²) in [6, 6.07) is 67.0. The fourth-order valence-electron chi connectivity index (χ4n) is 8.48. The van der Waals surface area contributed by atoms with Crippen LogP contribution in [0.4, 0.5) is 0 Å². The van der Waals surface area contributed by atoms with Gasteiger partial charge in [-0.1, -0.05) is 127 Å². The lowest BCUT2D eigenvalue weighted by Crippen LogP contribution is -2.01. The maximum Gasteiger partial charge on any atom is 0.164 e. The summed E-state index contributed by atoms with van der Waals surface area (Å²) in [4.78, 5) is 20.0. The Morgan fingerprint density at radius 2 is 0.694 bits per heavy atom. The third-order valence-corrected chi connectivity index (χ3v) is 11.6. The standard InChI is InChI=1S/C56H34N4O2/c1-2-10-35(11-3-1)38-12-8-13-41(28-38)55-58-54(37-21-19-36(20-22-37)42-14-9-27-57-34-42)59-56(60-55)45-30-43(39-23-25-52-48(32-39)46-15-4-6-17-50(46)61-52)29-44(31-45)40-24-26-53-49(33-40)47-16-5-7-18-51(47)62-53/h1-34H. The predicted octanol–water partition coefficient (Wildman–Crippen LogP) is 14.7. The highest BCUT2D eigenvalue weighted by Crippen LogP contribution is 2.39. The van der Waals surface area contributed by atoms with Crippen LogP contribution < -0.4 is 0 Å². The normalized spacial score (nSPS) is 11.5. The second-order valence-electron chi connectivity index (χ2n) is 15.5. The Kier molecular flexibility index (Phi) is 8.38. The molecule has 4 heterocycles. The molecule has 4 aromatic heterocycles. The van der Waals surface area contributed by atoms with Crippen LogP contribution >= 0.6 is 0 Å². The van der Waals surface area contributed by atoms with E-state index in [2.05, 4.69) is 163 Å². The molecule has 0 atom stereocenters. The molecule has 0 amide bonds. The molecule has 0 saturated heterocycles. The van der Waals surface area contributed by atoms with Crippen LogP contribution in [-0.4, -0.2) is 19.9 Å². The van der Waals surface area contributed by atoms with Gasteiger partial charge in [0.1, 0.15) is 22.3 Å². The molecule has 0 unspecified atom stereocenters. The molecule has 62 heavy (non-hydrogen) atoms. The van der Waals surface area contributed by atoms with Gasteiger partial charge in [-0.15, -0.1) is 0 Å². The van der Waals surface area contributed by atoms with Gasteiger partial charge in [0.2, 0.25) is 0 Å². The van der Waals surface area contributed by atoms with Gasteiger partial charge in [0.25, 0.3) is 0 Å². The summed E-state index contributed by atoms with van der Waals surface area (Å²) in [7, 11) is 0. The minimum absolute atomic E-state index is 0.569. The molecule has 0 aliphatic heterocycles. The second kappa shape index (κ2) is 14.7. The zero-order valence-electron chi connectivity index (χ0n) is 33.2. The quantitative estimate of drug-likeness (QED) is 0.160. The van der Waals surface area contributed by atoms with Crippen molar-refractivity contribution in [2.24, 2.45) is 0 Å². The van der Waals surface area contributed by atoms with E-state index in [1.165, 1.54) is 0 Å². The predicted molar refractivity (Wildman–Crippen MR) is 250 cm³/mol. The van der Waals surface area contributed by atoms with Crippen molar-refractivity contribution in [1.29, 1.82) is 0 Å². The van der Waals surface area contributed by atoms with Gasteiger partial charge in [0.15, 0.2) is 17.5 Å². The Morgan fingerprint density at radius 3 is 1.32 bits per heavy atom. The fourth-order valence-corrected chi connectivity index (χ4v) is 8.48. The summed E-state index contributed by atoms with van der Waals surface area (Å²) < 4.78 is 12.5. The van der Waals surface area contributed by atoms with Crippen LogP contribution in [-0.2, 0) is 0 Å². The van der Waals surface area contributed by atoms with Gasteiger partial charge >= 0.3 is 0 Å². The van der Waals surface area contributed by atoms with Gasteiger partial charge in [-0.3, -0.25) is 4.98 Å². The van der Waals surface area contributed by atoms with E-state index in [0.29, 0.717) is 17.5 Å². The topological polar surface area (TPSA) is 77.8 Å². The molecule has 0 saturated carbocycles. The van der Waals surface area contributed by atoms with Crippen molar-refractivity contribution >= 4 is 43.9 Å². The first kappa shape index (κ1) is 35.5. The summed E-state index contributed by atoms with van der Waals surface area (Å²) in [6.07, 6.45) is 3.66. The van der Waals surface area contributed by atoms with E-state index >= 15 is 0 Å². The van der Waals surface area contributed by atoms with Crippen LogP contribution in [0.2, 0.25) is 0 Å². The molecule has 0 fully saturated rings. The van der Waals surface area contributed by atoms with Crippen molar-refractivity contribution in [3.63, 3.8) is 0 Å². The van der Waals surface area contributed by atoms with Crippen LogP contribution in [0.25, 0.3) is 123 Å². The first-order valence-electron chi connectivity index (χ1n) is 20.6. The molecule has 0 bridgehead atoms. The van der Waals surface area contributed by atoms with Gasteiger partial charge in [0, 0.05) is 50.6 Å². The van der Waals surface area contributed by atoms with Crippen LogP contribution in [0.15, 0.2) is 215 Å². The maximum absolute atomic E-state index is 6.24. The molecule has 6 heteroatoms. The lowest BCUT2D eigenvalue weighted by Gasteiger charge is -2.13. The van der Waals surface area contributed by atoms with Gasteiger partial charge in [-0.05, 0) is 111 Å². The van der Waals surface area contributed by atoms with Crippen molar-refractivity contribution in [3.05, 3.63) is 207 Å². The third-order valence-electron chi connectivity index (χ3n) is 11.6. The zero-order valence-corrected chi connectivity index (χ0v) is 33.2. The van der Waals surface area contributed by atoms with Crippen molar-refractivity contribution in [2.75, 3.05) is 0 Å². The van der Waals surface area contributed by atoms with Gasteiger partial charge in [-0.2, -0.15) is 0 Å². The van der Waals surface area contributed by atoms with Gasteiger partial charge in [-0.25, -0.2) is 15.0 Å². The summed E-state index contributed by atoms with van der Waals surface area (Å²) >= 11 is 0. The van der Waals surface area contributed by atoms with Gasteiger partial charge < -0.3 is 8.83 Å². The molecule has 8 aromatic carbocycles. The average molecular weight is 795 g/mol. The number of aromatic nitrogens is 4. The van der Waals surface area contributed by atoms with Crippen LogP contribution in [0.3, 0.4) is 0 Å². The molecule has 12 aromatic rings. The van der Waals surface area contributed by atoms with E-state index in [1.54, 1.807) is 6.20 Å². The lowest BCUT2D eigenvalue weighted by molar-refractivity contribution is 0.668. The van der Waals surface area contributed by atoms with E-state index < -0.39 is 0 Å². The Hall–Kier alpha value is -8.48. The van der Waals surface area contributed by atoms with E-state index in [0.717, 1.165) is 105 Å². The molecule has 6 nitrogen and oxygen atoms in total. The summed E-state index contributed by atoms with van der Waals surface area (Å²) in [5.74, 6) is 1.74. The summed E-state index contributed by atoms with van der Waals surface area (Å²) in [6.45, 7) is 0. The second-order valence-corrected chi connectivity index (χ2v) is 15.5. The van der Waals surface area contributed by atoms with E-state index in [-0.39, 0.29) is 0 Å². The molecular formula is C56H34N4O2. The number of benzene rings is 8. The summed E-state index contributed by atoms with van der Waals surface area (Å²) in [5, 5.41) is 4.29. The summed E-state index contributed by atoms with van der Waals surface area (Å²) in [5.41, 5.74) is 14.5. The largest absolute Gasteiger partial charge is 0.456 e. The number of furan rings is 2. The molecule has 290 valence electrons. The number of rotatable bonds is 7. The van der Waals surface area contributed by atoms with Crippen molar-refractivity contribution in [1.82, 2.24) is 19.9 Å². The Balaban J connectivity index is 1.07. The zero-order chi connectivity index (χ0) is 41.0. The first-order chi connectivity index (χ1) is 30.7. The maximum atomic E-state index is 6.24. The van der Waals surface area contributed by atoms with Crippen LogP contribution in [0, 0.1) is 0 Å². The number of para-hydroxylation sites is 2. The van der Waals surface area contributed by atoms with Crippen LogP contribution in [0.5, 0.6) is 0 Å². The van der Waals surface area contributed by atoms with E-state index in [1.807, 2.05) is 42.6 Å². The third kappa shape index (κ3) is 6.38. The SMILES string of the molecule is c1ccc(-c2cccc(-c3nc(-c4ccc(-c5cccnc5)cc4)nc(-c4cc(-c5ccc6oc7ccccc7c6c5)cc(-c5ccc6oc7ccccc7c6c5)c4)n3)c2)cc1. The highest BCUT2D eigenvalue weighted by molar-refractivity contribution is 6.07. The fraction of sp³-hybridized carbons (Fsp3) is 0. The van der Waals surface area contributed by atoms with Crippen molar-refractivity contribution < 1.29 is 8.83 Å². The monoisotopic (exact) mass is 794 g/mol. The minimum Gasteiger partial charge on any atom is -0.456 e. The van der Waals surface area contributed by atoms with E-state index in [4.69, 9.17) is 23.8 Å².